The molecule has 0 aliphatic carbocycles. The van der Waals surface area contributed by atoms with Gasteiger partial charge >= 0.3 is 18.1 Å². The van der Waals surface area contributed by atoms with Crippen LogP contribution in [0, 0.1) is 5.82 Å². The normalized spacial score (nSPS) is 15.1. The number of piperidine rings is 2. The van der Waals surface area contributed by atoms with E-state index in [4.69, 9.17) is 24.2 Å². The number of thiazole rings is 2. The number of para-hydroxylation sites is 1. The van der Waals surface area contributed by atoms with Crippen LogP contribution in [0.3, 0.4) is 0 Å². The Morgan fingerprint density at radius 3 is 2.33 bits per heavy atom. The second-order valence-corrected chi connectivity index (χ2v) is 16.2. The molecule has 0 radical (unpaired) electrons. The van der Waals surface area contributed by atoms with Crippen molar-refractivity contribution in [3.8, 4) is 33.0 Å². The third-order valence-electron chi connectivity index (χ3n) is 9.19. The van der Waals surface area contributed by atoms with Crippen LogP contribution in [0.1, 0.15) is 36.9 Å². The summed E-state index contributed by atoms with van der Waals surface area (Å²) in [5, 5.41) is 36.3. The van der Waals surface area contributed by atoms with Crippen molar-refractivity contribution in [1.82, 2.24) is 35.3 Å². The molecule has 0 saturated carbocycles. The molecule has 60 heavy (non-hydrogen) atoms. The Morgan fingerprint density at radius 2 is 1.63 bits per heavy atom. The van der Waals surface area contributed by atoms with E-state index in [-0.39, 0.29) is 42.6 Å². The van der Waals surface area contributed by atoms with Gasteiger partial charge in [-0.2, -0.15) is 18.0 Å². The standard InChI is InChI=1S/C20H18F3N3O3S2.C17H16BrFN6O4/c21-20(22,23)14-3-1-2-4-15(14)29-13-5-7-26(8-6-13)19-24-10-16(31-19)18-25-12(11-30-18)9-17(27)28;18-12-2-1-10(19)7-13(12)28-11-3-5-24(6-4-11)15-8-14(29-22-15)17-20-23-25(21-17)9-16(26)27/h1-4,10-11,13H,5-9H2,(H,27,28);1-2,7-8,11H,3-6,9H2,(H,26,27). The second kappa shape index (κ2) is 18.7. The zero-order chi connectivity index (χ0) is 42.4. The monoisotopic (exact) mass is 935 g/mol. The number of benzene rings is 2. The topological polar surface area (TPSA) is 195 Å². The van der Waals surface area contributed by atoms with Gasteiger partial charge in [0.2, 0.25) is 11.6 Å². The summed E-state index contributed by atoms with van der Waals surface area (Å²) in [5.74, 6) is -0.886. The zero-order valence-electron chi connectivity index (χ0n) is 31.2. The molecule has 0 bridgehead atoms. The Kier molecular flexibility index (Phi) is 13.2. The number of ether oxygens (including phenoxy) is 2. The van der Waals surface area contributed by atoms with Crippen LogP contribution < -0.4 is 19.3 Å². The molecule has 0 unspecified atom stereocenters. The van der Waals surface area contributed by atoms with E-state index in [0.29, 0.717) is 66.5 Å². The molecule has 316 valence electrons. The number of carboxylic acid groups (broad SMARTS) is 2. The van der Waals surface area contributed by atoms with Gasteiger partial charge in [-0.15, -0.1) is 21.5 Å². The molecule has 16 nitrogen and oxygen atoms in total. The number of tetrazole rings is 1. The van der Waals surface area contributed by atoms with E-state index in [0.717, 1.165) is 38.7 Å². The van der Waals surface area contributed by atoms with Gasteiger partial charge in [0.25, 0.3) is 0 Å². The smallest absolute Gasteiger partial charge is 0.419 e. The van der Waals surface area contributed by atoms with Crippen LogP contribution in [-0.2, 0) is 28.7 Å². The number of anilines is 2. The lowest BCUT2D eigenvalue weighted by Crippen LogP contribution is -2.38. The predicted octanol–water partition coefficient (Wildman–Crippen LogP) is 7.32. The Balaban J connectivity index is 0.000000182. The van der Waals surface area contributed by atoms with Gasteiger partial charge in [-0.25, -0.2) is 14.4 Å². The van der Waals surface area contributed by atoms with Gasteiger partial charge in [0.1, 0.15) is 34.5 Å². The average Bonchev–Trinajstić information content (AvgIpc) is 4.05. The van der Waals surface area contributed by atoms with Gasteiger partial charge in [-0.05, 0) is 45.4 Å². The summed E-state index contributed by atoms with van der Waals surface area (Å²) in [6, 6.07) is 11.3. The Bertz CT molecular complexity index is 2410. The largest absolute Gasteiger partial charge is 0.490 e. The number of aromatic nitrogens is 7. The van der Waals surface area contributed by atoms with Crippen molar-refractivity contribution < 1.29 is 51.4 Å². The number of alkyl halides is 3. The predicted molar refractivity (Wildman–Crippen MR) is 213 cm³/mol. The van der Waals surface area contributed by atoms with E-state index >= 15 is 0 Å². The van der Waals surface area contributed by atoms with Crippen LogP contribution in [0.4, 0.5) is 28.5 Å². The van der Waals surface area contributed by atoms with E-state index in [1.807, 2.05) is 4.90 Å². The highest BCUT2D eigenvalue weighted by Crippen LogP contribution is 2.38. The fraction of sp³-hybridized carbons (Fsp3) is 0.351. The van der Waals surface area contributed by atoms with E-state index in [9.17, 15) is 27.2 Å². The Labute approximate surface area is 354 Å². The van der Waals surface area contributed by atoms with Crippen molar-refractivity contribution in [3.63, 3.8) is 0 Å². The Hall–Kier alpha value is -5.68. The number of carboxylic acids is 2. The maximum absolute atomic E-state index is 13.4. The van der Waals surface area contributed by atoms with Crippen molar-refractivity contribution in [2.75, 3.05) is 36.0 Å². The van der Waals surface area contributed by atoms with Crippen LogP contribution in [0.25, 0.3) is 21.5 Å². The molecule has 23 heteroatoms. The molecule has 2 N–H and O–H groups in total. The highest BCUT2D eigenvalue weighted by atomic mass is 79.9. The second-order valence-electron chi connectivity index (χ2n) is 13.5. The quantitative estimate of drug-likeness (QED) is 0.116. The molecular formula is C37H34BrF4N9O7S2. The van der Waals surface area contributed by atoms with Crippen molar-refractivity contribution in [2.24, 2.45) is 0 Å². The summed E-state index contributed by atoms with van der Waals surface area (Å²) < 4.78 is 70.5. The number of aliphatic carboxylic acids is 2. The molecular weight excluding hydrogens is 902 g/mol. The summed E-state index contributed by atoms with van der Waals surface area (Å²) in [7, 11) is 0. The summed E-state index contributed by atoms with van der Waals surface area (Å²) in [6.45, 7) is 2.22. The third-order valence-corrected chi connectivity index (χ3v) is 12.0. The first-order valence-electron chi connectivity index (χ1n) is 18.3. The lowest BCUT2D eigenvalue weighted by Gasteiger charge is -2.32. The molecule has 0 amide bonds. The van der Waals surface area contributed by atoms with Crippen molar-refractivity contribution >= 4 is 61.5 Å². The first-order chi connectivity index (χ1) is 28.8. The summed E-state index contributed by atoms with van der Waals surface area (Å²) in [6.07, 6.45) is -0.545. The number of halogens is 5. The van der Waals surface area contributed by atoms with Crippen LogP contribution in [0.15, 0.2) is 69.1 Å². The number of carbonyl (C=O) groups is 2. The SMILES string of the molecule is O=C(O)Cc1csc(-c2cnc(N3CCC(Oc4ccccc4C(F)(F)F)CC3)s2)n1.O=C(O)Cn1nnc(-c2cc(N3CCC(Oc4cc(F)ccc4Br)CC3)no2)n1. The fourth-order valence-electron chi connectivity index (χ4n) is 6.31. The number of hydrogen-bond donors (Lipinski definition) is 2. The maximum atomic E-state index is 13.4. The molecule has 2 aliphatic rings. The van der Waals surface area contributed by atoms with E-state index in [1.165, 1.54) is 53.0 Å². The van der Waals surface area contributed by atoms with Gasteiger partial charge in [-0.1, -0.05) is 28.6 Å². The fourth-order valence-corrected chi connectivity index (χ4v) is 8.50. The van der Waals surface area contributed by atoms with E-state index in [2.05, 4.69) is 51.4 Å². The Morgan fingerprint density at radius 1 is 0.933 bits per heavy atom. The molecule has 0 atom stereocenters. The lowest BCUT2D eigenvalue weighted by atomic mass is 10.1. The molecule has 0 spiro atoms. The van der Waals surface area contributed by atoms with Crippen LogP contribution >= 0.6 is 38.6 Å². The van der Waals surface area contributed by atoms with Crippen LogP contribution in [-0.4, -0.2) is 95.9 Å². The molecule has 6 aromatic rings. The molecule has 2 saturated heterocycles. The summed E-state index contributed by atoms with van der Waals surface area (Å²) in [5.41, 5.74) is -0.243. The van der Waals surface area contributed by atoms with Crippen LogP contribution in [0.2, 0.25) is 0 Å². The molecule has 6 heterocycles. The van der Waals surface area contributed by atoms with Crippen molar-refractivity contribution in [3.05, 3.63) is 81.7 Å². The average molecular weight is 937 g/mol. The molecule has 2 fully saturated rings. The van der Waals surface area contributed by atoms with E-state index < -0.39 is 23.7 Å². The highest BCUT2D eigenvalue weighted by Gasteiger charge is 2.35. The van der Waals surface area contributed by atoms with Crippen molar-refractivity contribution in [1.29, 1.82) is 0 Å². The molecule has 4 aromatic heterocycles. The molecule has 2 aromatic carbocycles. The minimum Gasteiger partial charge on any atom is -0.490 e. The molecule has 8 rings (SSSR count). The van der Waals surface area contributed by atoms with Crippen molar-refractivity contribution in [2.45, 2.75) is 57.0 Å². The maximum Gasteiger partial charge on any atom is 0.419 e. The summed E-state index contributed by atoms with van der Waals surface area (Å²) in [4.78, 5) is 36.2. The first kappa shape index (κ1) is 42.4. The molecule has 2 aliphatic heterocycles. The van der Waals surface area contributed by atoms with E-state index in [1.54, 1.807) is 23.7 Å². The third kappa shape index (κ3) is 10.9. The minimum atomic E-state index is -4.45. The zero-order valence-corrected chi connectivity index (χ0v) is 34.4. The van der Waals surface area contributed by atoms with Crippen LogP contribution in [0.5, 0.6) is 11.5 Å². The lowest BCUT2D eigenvalue weighted by molar-refractivity contribution is -0.139. The highest BCUT2D eigenvalue weighted by molar-refractivity contribution is 9.10. The summed E-state index contributed by atoms with van der Waals surface area (Å²) >= 11 is 6.21. The van der Waals surface area contributed by atoms with Gasteiger partial charge in [0, 0.05) is 69.4 Å². The minimum absolute atomic E-state index is 0.0340. The van der Waals surface area contributed by atoms with Gasteiger partial charge in [-0.3, -0.25) is 9.59 Å². The van der Waals surface area contributed by atoms with Gasteiger partial charge in [0.15, 0.2) is 17.5 Å². The number of rotatable bonds is 12. The van der Waals surface area contributed by atoms with Gasteiger partial charge in [0.05, 0.1) is 33.2 Å². The number of nitrogens with zero attached hydrogens (tertiary/aromatic N) is 9. The first-order valence-corrected chi connectivity index (χ1v) is 20.8. The number of hydrogen-bond acceptors (Lipinski definition) is 15. The van der Waals surface area contributed by atoms with Gasteiger partial charge < -0.3 is 34.0 Å².